The number of rotatable bonds is 8. The lowest BCUT2D eigenvalue weighted by Crippen LogP contribution is -2.28. The van der Waals surface area contributed by atoms with Crippen molar-refractivity contribution in [1.29, 1.82) is 0 Å². The molecular weight excluding hydrogens is 296 g/mol. The van der Waals surface area contributed by atoms with Gasteiger partial charge in [0.25, 0.3) is 0 Å². The monoisotopic (exact) mass is 316 g/mol. The molecule has 0 aliphatic heterocycles. The lowest BCUT2D eigenvalue weighted by atomic mass is 10.2. The average molecular weight is 316 g/mol. The maximum atomic E-state index is 12.3. The topological polar surface area (TPSA) is 116 Å². The van der Waals surface area contributed by atoms with Gasteiger partial charge in [-0.2, -0.15) is 0 Å². The third-order valence-corrected chi connectivity index (χ3v) is 4.09. The SMILES string of the molecule is CC(C)CNS(=O)(=O)c1cc(C(=O)O)ccc1NCCO. The molecule has 0 radical (unpaired) electrons. The van der Waals surface area contributed by atoms with Crippen LogP contribution in [0.4, 0.5) is 5.69 Å². The second-order valence-corrected chi connectivity index (χ2v) is 6.65. The predicted molar refractivity (Wildman–Crippen MR) is 79.0 cm³/mol. The number of benzene rings is 1. The molecule has 4 N–H and O–H groups in total. The molecule has 1 rings (SSSR count). The second kappa shape index (κ2) is 7.39. The fourth-order valence-electron chi connectivity index (χ4n) is 1.57. The number of anilines is 1. The number of aliphatic hydroxyl groups is 1. The Balaban J connectivity index is 3.21. The Morgan fingerprint density at radius 3 is 2.52 bits per heavy atom. The van der Waals surface area contributed by atoms with Crippen LogP contribution in [0.1, 0.15) is 24.2 Å². The average Bonchev–Trinajstić information content (AvgIpc) is 2.42. The first-order valence-electron chi connectivity index (χ1n) is 6.49. The lowest BCUT2D eigenvalue weighted by Gasteiger charge is -2.14. The molecule has 1 aromatic rings. The molecule has 8 heteroatoms. The van der Waals surface area contributed by atoms with Crippen molar-refractivity contribution in [2.24, 2.45) is 5.92 Å². The fraction of sp³-hybridized carbons (Fsp3) is 0.462. The molecule has 1 aromatic carbocycles. The van der Waals surface area contributed by atoms with Gasteiger partial charge in [0.2, 0.25) is 10.0 Å². The van der Waals surface area contributed by atoms with E-state index in [9.17, 15) is 13.2 Å². The number of aromatic carboxylic acids is 1. The van der Waals surface area contributed by atoms with Gasteiger partial charge in [0.05, 0.1) is 17.9 Å². The van der Waals surface area contributed by atoms with Crippen LogP contribution in [0, 0.1) is 5.92 Å². The summed E-state index contributed by atoms with van der Waals surface area (Å²) in [6.07, 6.45) is 0. The van der Waals surface area contributed by atoms with Crippen molar-refractivity contribution in [3.05, 3.63) is 23.8 Å². The molecule has 0 saturated carbocycles. The van der Waals surface area contributed by atoms with Crippen LogP contribution in [0.25, 0.3) is 0 Å². The highest BCUT2D eigenvalue weighted by Crippen LogP contribution is 2.23. The Labute approximate surface area is 124 Å². The van der Waals surface area contributed by atoms with E-state index in [1.165, 1.54) is 12.1 Å². The Morgan fingerprint density at radius 1 is 1.33 bits per heavy atom. The van der Waals surface area contributed by atoms with Crippen LogP contribution >= 0.6 is 0 Å². The van der Waals surface area contributed by atoms with Crippen LogP contribution in [0.2, 0.25) is 0 Å². The number of sulfonamides is 1. The van der Waals surface area contributed by atoms with Crippen LogP contribution in [0.5, 0.6) is 0 Å². The van der Waals surface area contributed by atoms with Crippen molar-refractivity contribution in [2.45, 2.75) is 18.7 Å². The number of hydrogen-bond acceptors (Lipinski definition) is 5. The standard InChI is InChI=1S/C13H20N2O5S/c1-9(2)8-15-21(19,20)12-7-10(13(17)18)3-4-11(12)14-5-6-16/h3-4,7,9,14-16H,5-6,8H2,1-2H3,(H,17,18). The Kier molecular flexibility index (Phi) is 6.13. The van der Waals surface area contributed by atoms with Gasteiger partial charge < -0.3 is 15.5 Å². The third-order valence-electron chi connectivity index (χ3n) is 2.63. The van der Waals surface area contributed by atoms with Crippen molar-refractivity contribution in [3.8, 4) is 0 Å². The van der Waals surface area contributed by atoms with Crippen molar-refractivity contribution < 1.29 is 23.4 Å². The van der Waals surface area contributed by atoms with Gasteiger partial charge in [-0.05, 0) is 24.1 Å². The Bertz CT molecular complexity index is 599. The molecule has 0 aromatic heterocycles. The maximum absolute atomic E-state index is 12.3. The van der Waals surface area contributed by atoms with E-state index in [1.807, 2.05) is 13.8 Å². The van der Waals surface area contributed by atoms with Crippen molar-refractivity contribution in [3.63, 3.8) is 0 Å². The van der Waals surface area contributed by atoms with E-state index in [-0.39, 0.29) is 41.8 Å². The molecule has 0 fully saturated rings. The summed E-state index contributed by atoms with van der Waals surface area (Å²) in [5, 5.41) is 20.6. The zero-order chi connectivity index (χ0) is 16.0. The van der Waals surface area contributed by atoms with Crippen LogP contribution in [-0.2, 0) is 10.0 Å². The minimum atomic E-state index is -3.83. The summed E-state index contributed by atoms with van der Waals surface area (Å²) in [7, 11) is -3.83. The summed E-state index contributed by atoms with van der Waals surface area (Å²) in [4.78, 5) is 10.9. The number of carboxylic acids is 1. The van der Waals surface area contributed by atoms with E-state index in [4.69, 9.17) is 10.2 Å². The quantitative estimate of drug-likeness (QED) is 0.562. The minimum Gasteiger partial charge on any atom is -0.478 e. The van der Waals surface area contributed by atoms with E-state index in [2.05, 4.69) is 10.0 Å². The highest BCUT2D eigenvalue weighted by atomic mass is 32.2. The summed E-state index contributed by atoms with van der Waals surface area (Å²) in [5.74, 6) is -1.08. The summed E-state index contributed by atoms with van der Waals surface area (Å²) in [6.45, 7) is 3.97. The number of carbonyl (C=O) groups is 1. The van der Waals surface area contributed by atoms with Gasteiger partial charge in [-0.15, -0.1) is 0 Å². The Morgan fingerprint density at radius 2 is 2.00 bits per heavy atom. The highest BCUT2D eigenvalue weighted by Gasteiger charge is 2.20. The zero-order valence-electron chi connectivity index (χ0n) is 12.0. The molecule has 21 heavy (non-hydrogen) atoms. The van der Waals surface area contributed by atoms with E-state index >= 15 is 0 Å². The number of nitrogens with one attached hydrogen (secondary N) is 2. The van der Waals surface area contributed by atoms with Crippen LogP contribution in [-0.4, -0.2) is 44.3 Å². The second-order valence-electron chi connectivity index (χ2n) is 4.91. The highest BCUT2D eigenvalue weighted by molar-refractivity contribution is 7.89. The van der Waals surface area contributed by atoms with Crippen LogP contribution in [0.15, 0.2) is 23.1 Å². The molecule has 0 aliphatic carbocycles. The summed E-state index contributed by atoms with van der Waals surface area (Å²) in [5.41, 5.74) is 0.139. The number of carboxylic acid groups (broad SMARTS) is 1. The fourth-order valence-corrected chi connectivity index (χ4v) is 2.99. The summed E-state index contributed by atoms with van der Waals surface area (Å²) in [6, 6.07) is 3.79. The molecule has 0 spiro atoms. The van der Waals surface area contributed by atoms with Gasteiger partial charge in [-0.3, -0.25) is 0 Å². The number of aliphatic hydroxyl groups excluding tert-OH is 1. The van der Waals surface area contributed by atoms with E-state index in [0.717, 1.165) is 6.07 Å². The van der Waals surface area contributed by atoms with Gasteiger partial charge in [0, 0.05) is 13.1 Å². The predicted octanol–water partition coefficient (Wildman–Crippen LogP) is 0.723. The van der Waals surface area contributed by atoms with Gasteiger partial charge in [-0.1, -0.05) is 13.8 Å². The largest absolute Gasteiger partial charge is 0.478 e. The van der Waals surface area contributed by atoms with E-state index in [0.29, 0.717) is 0 Å². The Hall–Kier alpha value is -1.64. The van der Waals surface area contributed by atoms with Crippen molar-refractivity contribution in [1.82, 2.24) is 4.72 Å². The maximum Gasteiger partial charge on any atom is 0.335 e. The molecule has 0 heterocycles. The molecule has 0 aliphatic rings. The first-order chi connectivity index (χ1) is 9.77. The molecule has 0 unspecified atom stereocenters. The van der Waals surface area contributed by atoms with Crippen LogP contribution < -0.4 is 10.0 Å². The third kappa shape index (κ3) is 5.00. The van der Waals surface area contributed by atoms with Gasteiger partial charge in [-0.25, -0.2) is 17.9 Å². The van der Waals surface area contributed by atoms with Crippen molar-refractivity contribution in [2.75, 3.05) is 25.0 Å². The molecule has 118 valence electrons. The summed E-state index contributed by atoms with van der Waals surface area (Å²) < 4.78 is 27.0. The van der Waals surface area contributed by atoms with E-state index in [1.54, 1.807) is 0 Å². The molecule has 0 atom stereocenters. The normalized spacial score (nSPS) is 11.6. The van der Waals surface area contributed by atoms with Crippen molar-refractivity contribution >= 4 is 21.7 Å². The molecular formula is C13H20N2O5S. The zero-order valence-corrected chi connectivity index (χ0v) is 12.8. The minimum absolute atomic E-state index is 0.116. The molecule has 0 bridgehead atoms. The smallest absolute Gasteiger partial charge is 0.335 e. The first-order valence-corrected chi connectivity index (χ1v) is 7.98. The first kappa shape index (κ1) is 17.4. The molecule has 0 saturated heterocycles. The van der Waals surface area contributed by atoms with Gasteiger partial charge >= 0.3 is 5.97 Å². The van der Waals surface area contributed by atoms with Crippen LogP contribution in [0.3, 0.4) is 0 Å². The van der Waals surface area contributed by atoms with E-state index < -0.39 is 16.0 Å². The molecule has 7 nitrogen and oxygen atoms in total. The van der Waals surface area contributed by atoms with Gasteiger partial charge in [0.15, 0.2) is 0 Å². The van der Waals surface area contributed by atoms with Gasteiger partial charge in [0.1, 0.15) is 4.90 Å². The molecule has 0 amide bonds. The number of hydrogen-bond donors (Lipinski definition) is 4. The lowest BCUT2D eigenvalue weighted by molar-refractivity contribution is 0.0696. The summed E-state index contributed by atoms with van der Waals surface area (Å²) >= 11 is 0.